The fourth-order valence-corrected chi connectivity index (χ4v) is 2.77. The van der Waals surface area contributed by atoms with Gasteiger partial charge in [0.15, 0.2) is 0 Å². The average Bonchev–Trinajstić information content (AvgIpc) is 2.83. The molecule has 0 bridgehead atoms. The summed E-state index contributed by atoms with van der Waals surface area (Å²) < 4.78 is 11.1. The Bertz CT molecular complexity index is 204. The fraction of sp³-hybridized carbons (Fsp3) is 1.00. The number of hydrogen-bond donors (Lipinski definition) is 1. The molecular weight excluding hydrogens is 202 g/mol. The van der Waals surface area contributed by atoms with E-state index in [1.165, 1.54) is 12.8 Å². The highest BCUT2D eigenvalue weighted by molar-refractivity contribution is 4.82. The fourth-order valence-electron chi connectivity index (χ4n) is 2.77. The van der Waals surface area contributed by atoms with E-state index in [-0.39, 0.29) is 0 Å². The van der Waals surface area contributed by atoms with E-state index in [1.807, 2.05) is 0 Å². The standard InChI is InChI=1S/C13H25NO2/c1-3-13-8-12(5-7-16-13)14-10(2)11-4-6-15-9-11/h10-14H,3-9H2,1-2H3. The highest BCUT2D eigenvalue weighted by Gasteiger charge is 2.27. The molecule has 0 aliphatic carbocycles. The summed E-state index contributed by atoms with van der Waals surface area (Å²) in [5.41, 5.74) is 0. The lowest BCUT2D eigenvalue weighted by Crippen LogP contribution is -2.45. The third-order valence-corrected chi connectivity index (χ3v) is 3.99. The first-order valence-electron chi connectivity index (χ1n) is 6.75. The van der Waals surface area contributed by atoms with Crippen LogP contribution in [0, 0.1) is 5.92 Å². The van der Waals surface area contributed by atoms with Crippen LogP contribution in [-0.2, 0) is 9.47 Å². The largest absolute Gasteiger partial charge is 0.381 e. The molecule has 2 heterocycles. The van der Waals surface area contributed by atoms with Crippen LogP contribution in [0.4, 0.5) is 0 Å². The van der Waals surface area contributed by atoms with Crippen LogP contribution in [0.5, 0.6) is 0 Å². The summed E-state index contributed by atoms with van der Waals surface area (Å²) in [5.74, 6) is 0.711. The van der Waals surface area contributed by atoms with Gasteiger partial charge in [0.1, 0.15) is 0 Å². The molecule has 4 unspecified atom stereocenters. The van der Waals surface area contributed by atoms with Crippen molar-refractivity contribution in [2.45, 2.75) is 57.7 Å². The van der Waals surface area contributed by atoms with Crippen molar-refractivity contribution >= 4 is 0 Å². The van der Waals surface area contributed by atoms with Gasteiger partial charge in [-0.15, -0.1) is 0 Å². The molecular formula is C13H25NO2. The Labute approximate surface area is 98.9 Å². The van der Waals surface area contributed by atoms with Crippen LogP contribution >= 0.6 is 0 Å². The highest BCUT2D eigenvalue weighted by atomic mass is 16.5. The Kier molecular flexibility index (Phi) is 4.62. The lowest BCUT2D eigenvalue weighted by Gasteiger charge is -2.33. The van der Waals surface area contributed by atoms with Gasteiger partial charge < -0.3 is 14.8 Å². The molecule has 0 aromatic heterocycles. The van der Waals surface area contributed by atoms with Gasteiger partial charge in [-0.05, 0) is 38.5 Å². The Hall–Kier alpha value is -0.120. The molecule has 4 atom stereocenters. The monoisotopic (exact) mass is 227 g/mol. The van der Waals surface area contributed by atoms with Gasteiger partial charge in [-0.1, -0.05) is 6.92 Å². The Morgan fingerprint density at radius 3 is 2.88 bits per heavy atom. The van der Waals surface area contributed by atoms with E-state index in [0.717, 1.165) is 32.7 Å². The third-order valence-electron chi connectivity index (χ3n) is 3.99. The molecule has 2 fully saturated rings. The van der Waals surface area contributed by atoms with Crippen molar-refractivity contribution in [2.75, 3.05) is 19.8 Å². The van der Waals surface area contributed by atoms with Crippen LogP contribution < -0.4 is 5.32 Å². The molecule has 2 aliphatic rings. The van der Waals surface area contributed by atoms with Crippen molar-refractivity contribution in [1.29, 1.82) is 0 Å². The quantitative estimate of drug-likeness (QED) is 0.796. The van der Waals surface area contributed by atoms with Crippen molar-refractivity contribution in [3.63, 3.8) is 0 Å². The molecule has 0 aromatic carbocycles. The first-order chi connectivity index (χ1) is 7.79. The van der Waals surface area contributed by atoms with Crippen molar-refractivity contribution in [3.05, 3.63) is 0 Å². The minimum absolute atomic E-state index is 0.471. The average molecular weight is 227 g/mol. The predicted molar refractivity (Wildman–Crippen MR) is 64.6 cm³/mol. The van der Waals surface area contributed by atoms with Crippen LogP contribution in [-0.4, -0.2) is 38.0 Å². The van der Waals surface area contributed by atoms with E-state index in [2.05, 4.69) is 19.2 Å². The molecule has 2 saturated heterocycles. The SMILES string of the molecule is CCC1CC(NC(C)C2CCOC2)CCO1. The van der Waals surface area contributed by atoms with Crippen molar-refractivity contribution in [2.24, 2.45) is 5.92 Å². The van der Waals surface area contributed by atoms with Crippen LogP contribution in [0.3, 0.4) is 0 Å². The van der Waals surface area contributed by atoms with E-state index in [4.69, 9.17) is 9.47 Å². The van der Waals surface area contributed by atoms with Crippen molar-refractivity contribution in [3.8, 4) is 0 Å². The van der Waals surface area contributed by atoms with Gasteiger partial charge in [-0.25, -0.2) is 0 Å². The van der Waals surface area contributed by atoms with Crippen molar-refractivity contribution in [1.82, 2.24) is 5.32 Å². The van der Waals surface area contributed by atoms with Gasteiger partial charge in [0, 0.05) is 25.3 Å². The van der Waals surface area contributed by atoms with Crippen molar-refractivity contribution < 1.29 is 9.47 Å². The summed E-state index contributed by atoms with van der Waals surface area (Å²) in [6.07, 6.45) is 5.16. The molecule has 94 valence electrons. The molecule has 2 aliphatic heterocycles. The Balaban J connectivity index is 1.75. The molecule has 3 nitrogen and oxygen atoms in total. The smallest absolute Gasteiger partial charge is 0.0587 e. The van der Waals surface area contributed by atoms with Crippen LogP contribution in [0.2, 0.25) is 0 Å². The highest BCUT2D eigenvalue weighted by Crippen LogP contribution is 2.21. The summed E-state index contributed by atoms with van der Waals surface area (Å²) in [6, 6.07) is 1.23. The normalized spacial score (nSPS) is 37.5. The van der Waals surface area contributed by atoms with Gasteiger partial charge in [-0.2, -0.15) is 0 Å². The second-order valence-corrected chi connectivity index (χ2v) is 5.20. The summed E-state index contributed by atoms with van der Waals surface area (Å²) in [4.78, 5) is 0. The molecule has 3 heteroatoms. The number of nitrogens with one attached hydrogen (secondary N) is 1. The zero-order valence-corrected chi connectivity index (χ0v) is 10.6. The minimum atomic E-state index is 0.471. The second-order valence-electron chi connectivity index (χ2n) is 5.20. The van der Waals surface area contributed by atoms with Gasteiger partial charge >= 0.3 is 0 Å². The zero-order valence-electron chi connectivity index (χ0n) is 10.6. The zero-order chi connectivity index (χ0) is 11.4. The molecule has 0 spiro atoms. The lowest BCUT2D eigenvalue weighted by atomic mass is 9.96. The molecule has 0 aromatic rings. The molecule has 0 amide bonds. The van der Waals surface area contributed by atoms with E-state index in [9.17, 15) is 0 Å². The van der Waals surface area contributed by atoms with Gasteiger partial charge in [0.05, 0.1) is 12.7 Å². The molecule has 0 radical (unpaired) electrons. The van der Waals surface area contributed by atoms with Crippen LogP contribution in [0.25, 0.3) is 0 Å². The maximum absolute atomic E-state index is 5.70. The summed E-state index contributed by atoms with van der Waals surface area (Å²) >= 11 is 0. The Morgan fingerprint density at radius 1 is 1.31 bits per heavy atom. The van der Waals surface area contributed by atoms with E-state index >= 15 is 0 Å². The van der Waals surface area contributed by atoms with E-state index in [1.54, 1.807) is 0 Å². The maximum atomic E-state index is 5.70. The maximum Gasteiger partial charge on any atom is 0.0587 e. The molecule has 1 N–H and O–H groups in total. The van der Waals surface area contributed by atoms with Gasteiger partial charge in [0.25, 0.3) is 0 Å². The van der Waals surface area contributed by atoms with Gasteiger partial charge in [-0.3, -0.25) is 0 Å². The van der Waals surface area contributed by atoms with E-state index < -0.39 is 0 Å². The first-order valence-corrected chi connectivity index (χ1v) is 6.75. The summed E-state index contributed by atoms with van der Waals surface area (Å²) in [6.45, 7) is 7.32. The van der Waals surface area contributed by atoms with Crippen LogP contribution in [0.15, 0.2) is 0 Å². The number of ether oxygens (including phenoxy) is 2. The predicted octanol–water partition coefficient (Wildman–Crippen LogP) is 1.96. The number of hydrogen-bond acceptors (Lipinski definition) is 3. The molecule has 0 saturated carbocycles. The summed E-state index contributed by atoms with van der Waals surface area (Å²) in [5, 5.41) is 3.77. The molecule has 16 heavy (non-hydrogen) atoms. The second kappa shape index (κ2) is 5.99. The lowest BCUT2D eigenvalue weighted by molar-refractivity contribution is -0.00293. The van der Waals surface area contributed by atoms with Crippen LogP contribution in [0.1, 0.15) is 39.5 Å². The van der Waals surface area contributed by atoms with E-state index in [0.29, 0.717) is 24.1 Å². The Morgan fingerprint density at radius 2 is 2.19 bits per heavy atom. The topological polar surface area (TPSA) is 30.5 Å². The van der Waals surface area contributed by atoms with Gasteiger partial charge in [0.2, 0.25) is 0 Å². The molecule has 2 rings (SSSR count). The minimum Gasteiger partial charge on any atom is -0.381 e. The number of rotatable bonds is 4. The first kappa shape index (κ1) is 12.3. The summed E-state index contributed by atoms with van der Waals surface area (Å²) in [7, 11) is 0. The third kappa shape index (κ3) is 3.19.